The van der Waals surface area contributed by atoms with Gasteiger partial charge >= 0.3 is 6.09 Å². The number of nitrogens with two attached hydrogens (primary N) is 1. The van der Waals surface area contributed by atoms with E-state index < -0.39 is 17.8 Å². The van der Waals surface area contributed by atoms with Gasteiger partial charge in [0.2, 0.25) is 0 Å². The normalized spacial score (nSPS) is 17.3. The fraction of sp³-hybridized carbons (Fsp3) is 0.412. The maximum absolute atomic E-state index is 11.7. The van der Waals surface area contributed by atoms with Crippen molar-refractivity contribution in [3.05, 3.63) is 46.8 Å². The van der Waals surface area contributed by atoms with Crippen LogP contribution in [0.25, 0.3) is 0 Å². The summed E-state index contributed by atoms with van der Waals surface area (Å²) in [4.78, 5) is 22.9. The maximum atomic E-state index is 11.7. The molecule has 0 saturated heterocycles. The average Bonchev–Trinajstić information content (AvgIpc) is 2.51. The number of alkyl carbamates (subject to hydrolysis) is 1. The molecular formula is C17H24N3O4+. The largest absolute Gasteiger partial charge is 0.444 e. The maximum Gasteiger partial charge on any atom is 0.407 e. The summed E-state index contributed by atoms with van der Waals surface area (Å²) in [6.45, 7) is 6.24. The van der Waals surface area contributed by atoms with Gasteiger partial charge < -0.3 is 26.2 Å². The summed E-state index contributed by atoms with van der Waals surface area (Å²) in [5.41, 5.74) is 7.53. The van der Waals surface area contributed by atoms with Crippen LogP contribution in [0.4, 0.5) is 4.79 Å². The van der Waals surface area contributed by atoms with Gasteiger partial charge in [-0.05, 0) is 31.9 Å². The minimum atomic E-state index is -0.901. The molecule has 6 N–H and O–H groups in total. The number of ketones is 1. The number of carbonyl (C=O) groups excluding carboxylic acids is 2. The van der Waals surface area contributed by atoms with Gasteiger partial charge in [-0.3, -0.25) is 4.79 Å². The van der Waals surface area contributed by atoms with Gasteiger partial charge in [0, 0.05) is 13.1 Å². The minimum Gasteiger partial charge on any atom is -0.444 e. The summed E-state index contributed by atoms with van der Waals surface area (Å²) in [7, 11) is 0. The van der Waals surface area contributed by atoms with Gasteiger partial charge in [-0.15, -0.1) is 0 Å². The number of hydrogen-bond acceptors (Lipinski definition) is 5. The molecule has 0 fully saturated rings. The molecule has 0 radical (unpaired) electrons. The van der Waals surface area contributed by atoms with Crippen LogP contribution in [0, 0.1) is 0 Å². The summed E-state index contributed by atoms with van der Waals surface area (Å²) in [6, 6.07) is 7.63. The number of benzene rings is 1. The lowest BCUT2D eigenvalue weighted by molar-refractivity contribution is -0.124. The van der Waals surface area contributed by atoms with E-state index in [0.717, 1.165) is 11.1 Å². The first-order chi connectivity index (χ1) is 11.2. The fourth-order valence-electron chi connectivity index (χ4n) is 2.23. The Balaban J connectivity index is 1.88. The predicted molar refractivity (Wildman–Crippen MR) is 90.0 cm³/mol. The van der Waals surface area contributed by atoms with Crippen LogP contribution in [0.1, 0.15) is 31.9 Å². The third kappa shape index (κ3) is 4.48. The summed E-state index contributed by atoms with van der Waals surface area (Å²) >= 11 is 0. The van der Waals surface area contributed by atoms with Gasteiger partial charge in [-0.25, -0.2) is 4.79 Å². The van der Waals surface area contributed by atoms with E-state index in [1.807, 2.05) is 45.0 Å². The van der Waals surface area contributed by atoms with Crippen LogP contribution in [0.2, 0.25) is 0 Å². The number of ether oxygens (including phenoxy) is 1. The Morgan fingerprint density at radius 2 is 1.92 bits per heavy atom. The molecule has 0 bridgehead atoms. The van der Waals surface area contributed by atoms with Crippen molar-refractivity contribution in [1.82, 2.24) is 10.6 Å². The van der Waals surface area contributed by atoms with Crippen LogP contribution in [0.15, 0.2) is 35.7 Å². The van der Waals surface area contributed by atoms with E-state index in [0.29, 0.717) is 18.8 Å². The van der Waals surface area contributed by atoms with E-state index in [9.17, 15) is 9.59 Å². The van der Waals surface area contributed by atoms with Gasteiger partial charge in [0.05, 0.1) is 0 Å². The molecule has 1 atom stereocenters. The van der Waals surface area contributed by atoms with Crippen molar-refractivity contribution in [2.24, 2.45) is 5.73 Å². The number of rotatable bonds is 5. The first-order valence-electron chi connectivity index (χ1n) is 7.71. The highest BCUT2D eigenvalue weighted by Crippen LogP contribution is 2.18. The molecule has 1 aromatic carbocycles. The van der Waals surface area contributed by atoms with Gasteiger partial charge in [-0.1, -0.05) is 24.3 Å². The molecule has 0 aliphatic heterocycles. The molecule has 7 nitrogen and oxygen atoms in total. The lowest BCUT2D eigenvalue weighted by Gasteiger charge is -2.23. The molecule has 1 aliphatic carbocycles. The number of hydrogen-bond donors (Lipinski definition) is 3. The standard InChI is InChI=1S/C17H23N3O4/c1-17(2,3)24-16(23)20-9-11-6-4-5-10(7-11)8-19-13-12(18)14(21)15(13)22/h4-7,15,19,22H,8-9,18H2,1-3H3,(H,20,23)/p+1. The smallest absolute Gasteiger partial charge is 0.407 e. The fourth-order valence-corrected chi connectivity index (χ4v) is 2.23. The number of Topliss-reactive ketones (excluding diaryl/α,β-unsaturated/α-hetero) is 1. The van der Waals surface area contributed by atoms with Crippen molar-refractivity contribution in [1.29, 1.82) is 0 Å². The SMILES string of the molecule is CC(C)(C)OC(=O)NCc1cccc(CNC2=C(N)C(=O)C2[OH2+])c1. The van der Waals surface area contributed by atoms with E-state index in [1.54, 1.807) is 0 Å². The second kappa shape index (κ2) is 6.92. The molecule has 0 saturated carbocycles. The van der Waals surface area contributed by atoms with E-state index in [-0.39, 0.29) is 11.5 Å². The topological polar surface area (TPSA) is 116 Å². The zero-order valence-corrected chi connectivity index (χ0v) is 14.1. The zero-order chi connectivity index (χ0) is 17.9. The van der Waals surface area contributed by atoms with Crippen molar-refractivity contribution in [3.8, 4) is 0 Å². The van der Waals surface area contributed by atoms with Crippen LogP contribution < -0.4 is 16.4 Å². The third-order valence-corrected chi connectivity index (χ3v) is 3.42. The van der Waals surface area contributed by atoms with E-state index >= 15 is 0 Å². The molecule has 0 spiro atoms. The van der Waals surface area contributed by atoms with Crippen LogP contribution >= 0.6 is 0 Å². The van der Waals surface area contributed by atoms with Crippen molar-refractivity contribution in [2.45, 2.75) is 45.6 Å². The van der Waals surface area contributed by atoms with Gasteiger partial charge in [-0.2, -0.15) is 0 Å². The van der Waals surface area contributed by atoms with Crippen LogP contribution in [-0.4, -0.2) is 28.7 Å². The first-order valence-corrected chi connectivity index (χ1v) is 7.71. The number of amides is 1. The van der Waals surface area contributed by atoms with Gasteiger partial charge in [0.15, 0.2) is 0 Å². The molecule has 0 heterocycles. The molecular weight excluding hydrogens is 310 g/mol. The summed E-state index contributed by atoms with van der Waals surface area (Å²) in [6.07, 6.45) is -1.36. The second-order valence-electron chi connectivity index (χ2n) is 6.65. The van der Waals surface area contributed by atoms with Gasteiger partial charge in [0.1, 0.15) is 17.0 Å². The molecule has 24 heavy (non-hydrogen) atoms. The Bertz CT molecular complexity index is 677. The quantitative estimate of drug-likeness (QED) is 0.684. The van der Waals surface area contributed by atoms with E-state index in [4.69, 9.17) is 15.6 Å². The Morgan fingerprint density at radius 3 is 2.50 bits per heavy atom. The van der Waals surface area contributed by atoms with Crippen molar-refractivity contribution in [2.75, 3.05) is 0 Å². The average molecular weight is 334 g/mol. The highest BCUT2D eigenvalue weighted by atomic mass is 16.6. The molecule has 1 aliphatic rings. The van der Waals surface area contributed by atoms with E-state index in [2.05, 4.69) is 10.6 Å². The van der Waals surface area contributed by atoms with Crippen LogP contribution in [0.3, 0.4) is 0 Å². The number of nitrogens with one attached hydrogen (secondary N) is 2. The van der Waals surface area contributed by atoms with Crippen molar-refractivity contribution >= 4 is 11.9 Å². The molecule has 2 rings (SSSR count). The summed E-state index contributed by atoms with van der Waals surface area (Å²) in [5.74, 6) is -0.340. The molecule has 1 unspecified atom stereocenters. The predicted octanol–water partition coefficient (Wildman–Crippen LogP) is 0.647. The molecule has 0 aromatic heterocycles. The number of carbonyl (C=O) groups is 2. The summed E-state index contributed by atoms with van der Waals surface area (Å²) in [5, 5.41) is 13.3. The highest BCUT2D eigenvalue weighted by molar-refractivity contribution is 6.07. The Morgan fingerprint density at radius 1 is 1.29 bits per heavy atom. The molecule has 130 valence electrons. The Labute approximate surface area is 140 Å². The second-order valence-corrected chi connectivity index (χ2v) is 6.65. The zero-order valence-electron chi connectivity index (χ0n) is 14.1. The van der Waals surface area contributed by atoms with E-state index in [1.165, 1.54) is 0 Å². The van der Waals surface area contributed by atoms with Crippen LogP contribution in [-0.2, 0) is 22.6 Å². The Kier molecular flexibility index (Phi) is 5.14. The Hall–Kier alpha value is -2.54. The molecule has 7 heteroatoms. The molecule has 1 amide bonds. The van der Waals surface area contributed by atoms with Gasteiger partial charge in [0.25, 0.3) is 11.9 Å². The monoisotopic (exact) mass is 334 g/mol. The lowest BCUT2D eigenvalue weighted by Crippen LogP contribution is -2.46. The van der Waals surface area contributed by atoms with Crippen molar-refractivity contribution < 1.29 is 19.4 Å². The third-order valence-electron chi connectivity index (χ3n) is 3.42. The first kappa shape index (κ1) is 17.8. The minimum absolute atomic E-state index is 0.137. The van der Waals surface area contributed by atoms with Crippen LogP contribution in [0.5, 0.6) is 0 Å². The van der Waals surface area contributed by atoms with Crippen molar-refractivity contribution in [3.63, 3.8) is 0 Å². The summed E-state index contributed by atoms with van der Waals surface area (Å²) < 4.78 is 5.19. The molecule has 1 aromatic rings. The highest BCUT2D eigenvalue weighted by Gasteiger charge is 2.40. The lowest BCUT2D eigenvalue weighted by atomic mass is 9.95.